The highest BCUT2D eigenvalue weighted by molar-refractivity contribution is 7.89. The molecule has 0 amide bonds. The topological polar surface area (TPSA) is 66.8 Å². The lowest BCUT2D eigenvalue weighted by Crippen LogP contribution is -2.41. The zero-order valence-corrected chi connectivity index (χ0v) is 14.0. The molecule has 0 heterocycles. The minimum absolute atomic E-state index is 0.107. The van der Waals surface area contributed by atoms with Crippen molar-refractivity contribution in [3.8, 4) is 5.75 Å². The lowest BCUT2D eigenvalue weighted by Gasteiger charge is -2.29. The summed E-state index contributed by atoms with van der Waals surface area (Å²) < 4.78 is 32.2. The molecule has 6 heteroatoms. The molecular weight excluding hydrogens is 290 g/mol. The molecule has 0 unspecified atom stereocenters. The minimum Gasteiger partial charge on any atom is -0.496 e. The summed E-state index contributed by atoms with van der Waals surface area (Å²) in [6.07, 6.45) is 1.43. The Kier molecular flexibility index (Phi) is 6.64. The van der Waals surface area contributed by atoms with Crippen LogP contribution in [0, 0.1) is 6.92 Å². The van der Waals surface area contributed by atoms with Crippen LogP contribution < -0.4 is 4.74 Å². The maximum Gasteiger partial charge on any atom is 0.243 e. The number of hydrogen-bond donors (Lipinski definition) is 1. The molecule has 1 N–H and O–H groups in total. The summed E-state index contributed by atoms with van der Waals surface area (Å²) in [5, 5.41) is 9.20. The van der Waals surface area contributed by atoms with Gasteiger partial charge >= 0.3 is 0 Å². The number of sulfonamides is 1. The fraction of sp³-hybridized carbons (Fsp3) is 0.600. The van der Waals surface area contributed by atoms with Gasteiger partial charge in [-0.1, -0.05) is 13.8 Å². The second kappa shape index (κ2) is 7.77. The van der Waals surface area contributed by atoms with Crippen LogP contribution in [0.5, 0.6) is 5.75 Å². The first kappa shape index (κ1) is 17.9. The monoisotopic (exact) mass is 315 g/mol. The van der Waals surface area contributed by atoms with Gasteiger partial charge in [-0.25, -0.2) is 8.42 Å². The van der Waals surface area contributed by atoms with Gasteiger partial charge in [-0.2, -0.15) is 4.31 Å². The van der Waals surface area contributed by atoms with E-state index < -0.39 is 10.0 Å². The van der Waals surface area contributed by atoms with E-state index in [1.807, 2.05) is 20.8 Å². The van der Waals surface area contributed by atoms with Gasteiger partial charge in [0.15, 0.2) is 0 Å². The molecule has 0 spiro atoms. The van der Waals surface area contributed by atoms with Crippen molar-refractivity contribution in [3.05, 3.63) is 23.8 Å². The molecule has 5 nitrogen and oxygen atoms in total. The van der Waals surface area contributed by atoms with Crippen LogP contribution in [-0.2, 0) is 10.0 Å². The Morgan fingerprint density at radius 2 is 1.90 bits per heavy atom. The van der Waals surface area contributed by atoms with E-state index in [1.54, 1.807) is 25.3 Å². The van der Waals surface area contributed by atoms with Gasteiger partial charge in [-0.15, -0.1) is 0 Å². The number of nitrogens with zero attached hydrogens (tertiary/aromatic N) is 1. The van der Waals surface area contributed by atoms with Crippen LogP contribution >= 0.6 is 0 Å². The average Bonchev–Trinajstić information content (AvgIpc) is 2.47. The largest absolute Gasteiger partial charge is 0.496 e. The lowest BCUT2D eigenvalue weighted by molar-refractivity contribution is 0.219. The van der Waals surface area contributed by atoms with Gasteiger partial charge in [0.25, 0.3) is 0 Å². The number of rotatable bonds is 8. The fourth-order valence-electron chi connectivity index (χ4n) is 2.44. The van der Waals surface area contributed by atoms with Crippen molar-refractivity contribution < 1.29 is 18.3 Å². The molecule has 0 saturated heterocycles. The molecule has 0 aliphatic rings. The predicted molar refractivity (Wildman–Crippen MR) is 83.1 cm³/mol. The number of hydrogen-bond acceptors (Lipinski definition) is 4. The van der Waals surface area contributed by atoms with E-state index in [-0.39, 0.29) is 24.1 Å². The molecule has 0 bridgehead atoms. The lowest BCUT2D eigenvalue weighted by atomic mass is 10.2. The third kappa shape index (κ3) is 3.96. The summed E-state index contributed by atoms with van der Waals surface area (Å²) in [7, 11) is -2.06. The molecule has 0 atom stereocenters. The van der Waals surface area contributed by atoms with Crippen molar-refractivity contribution >= 4 is 10.0 Å². The fourth-order valence-corrected chi connectivity index (χ4v) is 4.29. The summed E-state index contributed by atoms with van der Waals surface area (Å²) >= 11 is 0. The molecule has 1 rings (SSSR count). The van der Waals surface area contributed by atoms with Gasteiger partial charge < -0.3 is 9.84 Å². The van der Waals surface area contributed by atoms with E-state index in [9.17, 15) is 13.5 Å². The van der Waals surface area contributed by atoms with Gasteiger partial charge in [0.2, 0.25) is 10.0 Å². The second-order valence-electron chi connectivity index (χ2n) is 4.94. The summed E-state index contributed by atoms with van der Waals surface area (Å²) in [4.78, 5) is 0.237. The van der Waals surface area contributed by atoms with Crippen LogP contribution in [0.15, 0.2) is 23.1 Å². The number of methoxy groups -OCH3 is 1. The molecule has 0 fully saturated rings. The van der Waals surface area contributed by atoms with Crippen LogP contribution in [-0.4, -0.2) is 44.1 Å². The summed E-state index contributed by atoms with van der Waals surface area (Å²) in [5.74, 6) is 0.658. The average molecular weight is 315 g/mol. The van der Waals surface area contributed by atoms with E-state index in [0.717, 1.165) is 5.56 Å². The molecule has 0 saturated carbocycles. The maximum atomic E-state index is 12.8. The first-order valence-corrected chi connectivity index (χ1v) is 8.63. The van der Waals surface area contributed by atoms with E-state index in [2.05, 4.69) is 0 Å². The van der Waals surface area contributed by atoms with Crippen molar-refractivity contribution in [1.29, 1.82) is 0 Å². The molecule has 21 heavy (non-hydrogen) atoms. The zero-order valence-electron chi connectivity index (χ0n) is 13.2. The van der Waals surface area contributed by atoms with Crippen LogP contribution in [0.4, 0.5) is 0 Å². The van der Waals surface area contributed by atoms with Crippen molar-refractivity contribution in [2.75, 3.05) is 20.3 Å². The number of aliphatic hydroxyl groups excluding tert-OH is 1. The molecule has 1 aromatic carbocycles. The zero-order chi connectivity index (χ0) is 16.0. The Balaban J connectivity index is 3.25. The highest BCUT2D eigenvalue weighted by Crippen LogP contribution is 2.26. The van der Waals surface area contributed by atoms with Gasteiger partial charge in [-0.3, -0.25) is 0 Å². The van der Waals surface area contributed by atoms with Gasteiger partial charge in [0, 0.05) is 12.6 Å². The van der Waals surface area contributed by atoms with Gasteiger partial charge in [0.05, 0.1) is 18.6 Å². The SMILES string of the molecule is CCC(CC)N(CCO)S(=O)(=O)c1ccc(OC)c(C)c1. The first-order valence-electron chi connectivity index (χ1n) is 7.19. The molecule has 120 valence electrons. The number of aliphatic hydroxyl groups is 1. The highest BCUT2D eigenvalue weighted by Gasteiger charge is 2.29. The van der Waals surface area contributed by atoms with E-state index >= 15 is 0 Å². The number of ether oxygens (including phenoxy) is 1. The quantitative estimate of drug-likeness (QED) is 0.798. The van der Waals surface area contributed by atoms with Crippen LogP contribution in [0.3, 0.4) is 0 Å². The standard InChI is InChI=1S/C15H25NO4S/c1-5-13(6-2)16(9-10-17)21(18,19)14-7-8-15(20-4)12(3)11-14/h7-8,11,13,17H,5-6,9-10H2,1-4H3. The second-order valence-corrected chi connectivity index (χ2v) is 6.83. The summed E-state index contributed by atoms with van der Waals surface area (Å²) in [6, 6.07) is 4.71. The van der Waals surface area contributed by atoms with E-state index in [4.69, 9.17) is 4.74 Å². The number of benzene rings is 1. The van der Waals surface area contributed by atoms with Gasteiger partial charge in [0.1, 0.15) is 5.75 Å². The molecule has 1 aromatic rings. The third-order valence-corrected chi connectivity index (χ3v) is 5.59. The Morgan fingerprint density at radius 3 is 2.33 bits per heavy atom. The Bertz CT molecular complexity index is 553. The first-order chi connectivity index (χ1) is 9.92. The van der Waals surface area contributed by atoms with E-state index in [0.29, 0.717) is 18.6 Å². The minimum atomic E-state index is -3.62. The van der Waals surface area contributed by atoms with Crippen molar-refractivity contribution in [2.45, 2.75) is 44.6 Å². The Hall–Kier alpha value is -1.11. The third-order valence-electron chi connectivity index (χ3n) is 3.64. The summed E-state index contributed by atoms with van der Waals surface area (Å²) in [5.41, 5.74) is 0.770. The van der Waals surface area contributed by atoms with Crippen LogP contribution in [0.25, 0.3) is 0 Å². The molecular formula is C15H25NO4S. The van der Waals surface area contributed by atoms with Crippen molar-refractivity contribution in [3.63, 3.8) is 0 Å². The smallest absolute Gasteiger partial charge is 0.243 e. The van der Waals surface area contributed by atoms with Crippen molar-refractivity contribution in [2.24, 2.45) is 0 Å². The van der Waals surface area contributed by atoms with E-state index in [1.165, 1.54) is 4.31 Å². The maximum absolute atomic E-state index is 12.8. The molecule has 0 radical (unpaired) electrons. The van der Waals surface area contributed by atoms with Crippen molar-refractivity contribution in [1.82, 2.24) is 4.31 Å². The predicted octanol–water partition coefficient (Wildman–Crippen LogP) is 2.18. The normalized spacial score (nSPS) is 12.1. The van der Waals surface area contributed by atoms with Crippen LogP contribution in [0.1, 0.15) is 32.3 Å². The Morgan fingerprint density at radius 1 is 1.29 bits per heavy atom. The van der Waals surface area contributed by atoms with Crippen LogP contribution in [0.2, 0.25) is 0 Å². The highest BCUT2D eigenvalue weighted by atomic mass is 32.2. The van der Waals surface area contributed by atoms with Gasteiger partial charge in [-0.05, 0) is 43.5 Å². The molecule has 0 aromatic heterocycles. The summed E-state index contributed by atoms with van der Waals surface area (Å²) in [6.45, 7) is 5.64. The molecule has 0 aliphatic heterocycles. The Labute approximate surface area is 127 Å². The molecule has 0 aliphatic carbocycles. The number of aryl methyl sites for hydroxylation is 1.